The average Bonchev–Trinajstić information content (AvgIpc) is 3.19. The number of ether oxygens (including phenoxy) is 1. The third kappa shape index (κ3) is 6.03. The second-order valence-electron chi connectivity index (χ2n) is 6.02. The van der Waals surface area contributed by atoms with Crippen LogP contribution < -0.4 is 10.6 Å². The van der Waals surface area contributed by atoms with E-state index < -0.39 is 30.4 Å². The lowest BCUT2D eigenvalue weighted by atomic mass is 10.0. The van der Waals surface area contributed by atoms with Gasteiger partial charge in [-0.05, 0) is 29.5 Å². The van der Waals surface area contributed by atoms with Crippen LogP contribution in [0.3, 0.4) is 0 Å². The Kier molecular flexibility index (Phi) is 7.25. The molecule has 0 saturated carbocycles. The molecule has 0 fully saturated rings. The molecule has 1 heterocycles. The molecule has 3 amide bonds. The van der Waals surface area contributed by atoms with Crippen molar-refractivity contribution in [3.63, 3.8) is 0 Å². The van der Waals surface area contributed by atoms with Gasteiger partial charge in [-0.25, -0.2) is 4.79 Å². The third-order valence-corrected chi connectivity index (χ3v) is 4.46. The van der Waals surface area contributed by atoms with Crippen LogP contribution in [0.5, 0.6) is 0 Å². The molecule has 2 aromatic rings. The van der Waals surface area contributed by atoms with Gasteiger partial charge in [0.05, 0.1) is 4.88 Å². The molecule has 1 aromatic carbocycles. The molecule has 1 atom stereocenters. The lowest BCUT2D eigenvalue weighted by Crippen LogP contribution is -2.46. The fourth-order valence-electron chi connectivity index (χ4n) is 2.17. The molecule has 2 N–H and O–H groups in total. The van der Waals surface area contributed by atoms with Crippen molar-refractivity contribution in [1.29, 1.82) is 0 Å². The summed E-state index contributed by atoms with van der Waals surface area (Å²) in [6.07, 6.45) is 0. The largest absolute Gasteiger partial charge is 0.454 e. The molecule has 0 bridgehead atoms. The highest BCUT2D eigenvalue weighted by molar-refractivity contribution is 7.12. The van der Waals surface area contributed by atoms with E-state index in [4.69, 9.17) is 4.74 Å². The number of nitrogens with one attached hydrogen (secondary N) is 2. The van der Waals surface area contributed by atoms with Crippen LogP contribution in [0.15, 0.2) is 47.8 Å². The van der Waals surface area contributed by atoms with Crippen molar-refractivity contribution in [2.24, 2.45) is 5.92 Å². The van der Waals surface area contributed by atoms with Crippen LogP contribution in [0.25, 0.3) is 0 Å². The zero-order valence-electron chi connectivity index (χ0n) is 14.9. The number of carbonyl (C=O) groups is 4. The Hall–Kier alpha value is -3.00. The van der Waals surface area contributed by atoms with Gasteiger partial charge in [0.15, 0.2) is 6.61 Å². The monoisotopic (exact) mass is 388 g/mol. The second kappa shape index (κ2) is 9.63. The van der Waals surface area contributed by atoms with Crippen molar-refractivity contribution < 1.29 is 23.9 Å². The van der Waals surface area contributed by atoms with Crippen molar-refractivity contribution in [3.8, 4) is 0 Å². The molecule has 0 radical (unpaired) electrons. The summed E-state index contributed by atoms with van der Waals surface area (Å²) in [6.45, 7) is 2.88. The van der Waals surface area contributed by atoms with Crippen LogP contribution in [0, 0.1) is 5.92 Å². The number of hydrogen-bond acceptors (Lipinski definition) is 6. The topological polar surface area (TPSA) is 102 Å². The van der Waals surface area contributed by atoms with Gasteiger partial charge in [0.25, 0.3) is 17.7 Å². The second-order valence-corrected chi connectivity index (χ2v) is 6.97. The van der Waals surface area contributed by atoms with Gasteiger partial charge in [-0.2, -0.15) is 0 Å². The first-order valence-corrected chi connectivity index (χ1v) is 9.16. The molecule has 0 aliphatic heterocycles. The minimum atomic E-state index is -0.905. The van der Waals surface area contributed by atoms with Crippen molar-refractivity contribution in [2.45, 2.75) is 19.9 Å². The molecule has 0 unspecified atom stereocenters. The lowest BCUT2D eigenvalue weighted by Gasteiger charge is -2.20. The summed E-state index contributed by atoms with van der Waals surface area (Å²) in [5.74, 6) is -2.69. The molecule has 27 heavy (non-hydrogen) atoms. The molecule has 0 spiro atoms. The molecule has 8 heteroatoms. The van der Waals surface area contributed by atoms with E-state index in [1.54, 1.807) is 61.7 Å². The first-order valence-electron chi connectivity index (χ1n) is 8.28. The highest BCUT2D eigenvalue weighted by atomic mass is 32.1. The van der Waals surface area contributed by atoms with E-state index in [1.165, 1.54) is 11.3 Å². The van der Waals surface area contributed by atoms with E-state index in [-0.39, 0.29) is 11.8 Å². The Bertz CT molecular complexity index is 803. The predicted molar refractivity (Wildman–Crippen MR) is 100 cm³/mol. The van der Waals surface area contributed by atoms with E-state index in [0.717, 1.165) is 0 Å². The van der Waals surface area contributed by atoms with Gasteiger partial charge in [-0.3, -0.25) is 19.7 Å². The van der Waals surface area contributed by atoms with Gasteiger partial charge in [-0.15, -0.1) is 11.3 Å². The minimum absolute atomic E-state index is 0.240. The van der Waals surface area contributed by atoms with Crippen molar-refractivity contribution in [1.82, 2.24) is 10.6 Å². The molecular formula is C19H20N2O5S. The van der Waals surface area contributed by atoms with E-state index in [0.29, 0.717) is 10.4 Å². The van der Waals surface area contributed by atoms with Gasteiger partial charge in [-0.1, -0.05) is 38.1 Å². The number of hydrogen-bond donors (Lipinski definition) is 2. The molecular weight excluding hydrogens is 368 g/mol. The van der Waals surface area contributed by atoms with Gasteiger partial charge < -0.3 is 10.1 Å². The number of imide groups is 1. The van der Waals surface area contributed by atoms with E-state index in [2.05, 4.69) is 10.6 Å². The van der Waals surface area contributed by atoms with Crippen molar-refractivity contribution in [2.75, 3.05) is 6.61 Å². The third-order valence-electron chi connectivity index (χ3n) is 3.59. The number of benzene rings is 1. The zero-order chi connectivity index (χ0) is 19.8. The summed E-state index contributed by atoms with van der Waals surface area (Å²) >= 11 is 1.25. The quantitative estimate of drug-likeness (QED) is 0.707. The Morgan fingerprint density at radius 1 is 1.00 bits per heavy atom. The van der Waals surface area contributed by atoms with Crippen LogP contribution >= 0.6 is 11.3 Å². The standard InChI is InChI=1S/C19H20N2O5S/c1-12(2)16(21-18(24)14-9-6-10-27-14)19(25)26-11-15(22)20-17(23)13-7-4-3-5-8-13/h3-10,12,16H,11H2,1-2H3,(H,21,24)(H,20,22,23)/t16-/m1/s1. The highest BCUT2D eigenvalue weighted by Crippen LogP contribution is 2.11. The fraction of sp³-hybridized carbons (Fsp3) is 0.263. The maximum absolute atomic E-state index is 12.3. The number of amides is 3. The molecule has 0 aliphatic rings. The normalized spacial score (nSPS) is 11.5. The highest BCUT2D eigenvalue weighted by Gasteiger charge is 2.27. The number of thiophene rings is 1. The van der Waals surface area contributed by atoms with E-state index in [1.807, 2.05) is 0 Å². The Labute approximate surface area is 160 Å². The maximum atomic E-state index is 12.3. The predicted octanol–water partition coefficient (Wildman–Crippen LogP) is 2.00. The van der Waals surface area contributed by atoms with Crippen LogP contribution in [0.2, 0.25) is 0 Å². The van der Waals surface area contributed by atoms with E-state index in [9.17, 15) is 19.2 Å². The lowest BCUT2D eigenvalue weighted by molar-refractivity contribution is -0.151. The average molecular weight is 388 g/mol. The number of rotatable bonds is 7. The van der Waals surface area contributed by atoms with Gasteiger partial charge >= 0.3 is 5.97 Å². The van der Waals surface area contributed by atoms with Crippen LogP contribution in [-0.2, 0) is 14.3 Å². The molecule has 1 aromatic heterocycles. The molecule has 7 nitrogen and oxygen atoms in total. The molecule has 0 saturated heterocycles. The van der Waals surface area contributed by atoms with Crippen LogP contribution in [0.1, 0.15) is 33.9 Å². The number of esters is 1. The minimum Gasteiger partial charge on any atom is -0.454 e. The smallest absolute Gasteiger partial charge is 0.329 e. The SMILES string of the molecule is CC(C)[C@@H](NC(=O)c1cccs1)C(=O)OCC(=O)NC(=O)c1ccccc1. The molecule has 2 rings (SSSR count). The summed E-state index contributed by atoms with van der Waals surface area (Å²) in [5.41, 5.74) is 0.320. The maximum Gasteiger partial charge on any atom is 0.329 e. The van der Waals surface area contributed by atoms with Gasteiger partial charge in [0.1, 0.15) is 6.04 Å². The first-order chi connectivity index (χ1) is 12.9. The van der Waals surface area contributed by atoms with E-state index >= 15 is 0 Å². The Morgan fingerprint density at radius 2 is 1.70 bits per heavy atom. The summed E-state index contributed by atoms with van der Waals surface area (Å²) in [6, 6.07) is 10.7. The molecule has 0 aliphatic carbocycles. The van der Waals surface area contributed by atoms with Crippen LogP contribution in [0.4, 0.5) is 0 Å². The van der Waals surface area contributed by atoms with Crippen LogP contribution in [-0.4, -0.2) is 36.3 Å². The zero-order valence-corrected chi connectivity index (χ0v) is 15.7. The van der Waals surface area contributed by atoms with Gasteiger partial charge in [0, 0.05) is 5.56 Å². The summed E-state index contributed by atoms with van der Waals surface area (Å²) in [5, 5.41) is 6.51. The summed E-state index contributed by atoms with van der Waals surface area (Å²) in [4.78, 5) is 48.6. The fourth-order valence-corrected chi connectivity index (χ4v) is 2.80. The van der Waals surface area contributed by atoms with Crippen molar-refractivity contribution >= 4 is 35.0 Å². The van der Waals surface area contributed by atoms with Crippen molar-refractivity contribution in [3.05, 3.63) is 58.3 Å². The Morgan fingerprint density at radius 3 is 2.30 bits per heavy atom. The Balaban J connectivity index is 1.87. The number of carbonyl (C=O) groups excluding carboxylic acids is 4. The summed E-state index contributed by atoms with van der Waals surface area (Å²) in [7, 11) is 0. The van der Waals surface area contributed by atoms with Gasteiger partial charge in [0.2, 0.25) is 0 Å². The first kappa shape index (κ1) is 20.3. The molecule has 142 valence electrons. The summed E-state index contributed by atoms with van der Waals surface area (Å²) < 4.78 is 4.97.